The smallest absolute Gasteiger partial charge is 0.229 e. The Morgan fingerprint density at radius 1 is 1.15 bits per heavy atom. The molecular formula is C12H26N2O4S2. The molecule has 0 amide bonds. The highest BCUT2D eigenvalue weighted by atomic mass is 32.2. The van der Waals surface area contributed by atoms with Gasteiger partial charge in [0.2, 0.25) is 0 Å². The Hall–Kier alpha value is -0.180. The second-order valence-electron chi connectivity index (χ2n) is 5.69. The van der Waals surface area contributed by atoms with Crippen LogP contribution in [0.5, 0.6) is 0 Å². The topological polar surface area (TPSA) is 74.8 Å². The fourth-order valence-electron chi connectivity index (χ4n) is 2.02. The largest absolute Gasteiger partial charge is 0.282 e. The molecule has 0 radical (unpaired) electrons. The van der Waals surface area contributed by atoms with Gasteiger partial charge in [-0.2, -0.15) is 17.0 Å². The maximum absolute atomic E-state index is 12.6. The zero-order valence-electron chi connectivity index (χ0n) is 12.9. The van der Waals surface area contributed by atoms with Crippen molar-refractivity contribution in [1.29, 1.82) is 0 Å². The van der Waals surface area contributed by atoms with Crippen LogP contribution in [0.15, 0.2) is 0 Å². The van der Waals surface area contributed by atoms with Crippen LogP contribution in [-0.4, -0.2) is 63.1 Å². The average molecular weight is 326 g/mol. The minimum absolute atomic E-state index is 0.406. The van der Waals surface area contributed by atoms with Crippen LogP contribution in [0.1, 0.15) is 33.6 Å². The summed E-state index contributed by atoms with van der Waals surface area (Å²) in [4.78, 5) is 0. The van der Waals surface area contributed by atoms with Crippen molar-refractivity contribution in [2.24, 2.45) is 5.92 Å². The Labute approximate surface area is 123 Å². The molecule has 0 bridgehead atoms. The van der Waals surface area contributed by atoms with Crippen molar-refractivity contribution >= 4 is 20.0 Å². The summed E-state index contributed by atoms with van der Waals surface area (Å²) in [6.07, 6.45) is 3.28. The van der Waals surface area contributed by atoms with Crippen LogP contribution in [-0.2, 0) is 20.0 Å². The van der Waals surface area contributed by atoms with Crippen LogP contribution in [0.3, 0.4) is 0 Å². The quantitative estimate of drug-likeness (QED) is 0.658. The predicted molar refractivity (Wildman–Crippen MR) is 80.4 cm³/mol. The third-order valence-corrected chi connectivity index (χ3v) is 7.99. The lowest BCUT2D eigenvalue weighted by molar-refractivity contribution is 0.321. The van der Waals surface area contributed by atoms with Crippen LogP contribution in [0.2, 0.25) is 0 Å². The van der Waals surface area contributed by atoms with Crippen LogP contribution in [0, 0.1) is 5.92 Å². The Balaban J connectivity index is 2.88. The number of hydrogen-bond donors (Lipinski definition) is 0. The van der Waals surface area contributed by atoms with Gasteiger partial charge in [0.1, 0.15) is 0 Å². The van der Waals surface area contributed by atoms with Gasteiger partial charge in [0.05, 0.1) is 5.25 Å². The lowest BCUT2D eigenvalue weighted by Crippen LogP contribution is -2.50. The van der Waals surface area contributed by atoms with E-state index in [4.69, 9.17) is 0 Å². The zero-order valence-corrected chi connectivity index (χ0v) is 14.5. The minimum atomic E-state index is -3.61. The van der Waals surface area contributed by atoms with Gasteiger partial charge in [0.25, 0.3) is 10.2 Å². The predicted octanol–water partition coefficient (Wildman–Crippen LogP) is 0.717. The van der Waals surface area contributed by atoms with Gasteiger partial charge in [-0.3, -0.25) is 0 Å². The first-order valence-corrected chi connectivity index (χ1v) is 10.3. The van der Waals surface area contributed by atoms with E-state index >= 15 is 0 Å². The SMILES string of the molecule is CCN(CC1CC1)S(=O)(=O)N(C)C(C)C(C)S(C)(=O)=O. The fourth-order valence-corrected chi connectivity index (χ4v) is 4.69. The molecule has 6 nitrogen and oxygen atoms in total. The molecule has 1 rings (SSSR count). The molecule has 8 heteroatoms. The highest BCUT2D eigenvalue weighted by Crippen LogP contribution is 2.31. The Morgan fingerprint density at radius 3 is 2.00 bits per heavy atom. The molecule has 0 heterocycles. The van der Waals surface area contributed by atoms with E-state index in [2.05, 4.69) is 0 Å². The van der Waals surface area contributed by atoms with E-state index in [0.717, 1.165) is 19.1 Å². The van der Waals surface area contributed by atoms with Crippen molar-refractivity contribution in [2.75, 3.05) is 26.4 Å². The van der Waals surface area contributed by atoms with Gasteiger partial charge in [-0.15, -0.1) is 0 Å². The molecular weight excluding hydrogens is 300 g/mol. The van der Waals surface area contributed by atoms with Crippen molar-refractivity contribution in [3.05, 3.63) is 0 Å². The summed E-state index contributed by atoms with van der Waals surface area (Å²) in [5, 5.41) is -0.734. The average Bonchev–Trinajstić information content (AvgIpc) is 3.15. The first kappa shape index (κ1) is 17.9. The molecule has 0 aromatic rings. The van der Waals surface area contributed by atoms with Crippen LogP contribution >= 0.6 is 0 Å². The second-order valence-corrected chi connectivity index (χ2v) is 10.1. The summed E-state index contributed by atoms with van der Waals surface area (Å²) in [5.41, 5.74) is 0. The van der Waals surface area contributed by atoms with Crippen molar-refractivity contribution in [1.82, 2.24) is 8.61 Å². The molecule has 1 saturated carbocycles. The van der Waals surface area contributed by atoms with Gasteiger partial charge in [-0.25, -0.2) is 8.42 Å². The van der Waals surface area contributed by atoms with Gasteiger partial charge in [0, 0.05) is 32.4 Å². The molecule has 2 unspecified atom stereocenters. The Bertz CT molecular complexity index is 526. The molecule has 1 aliphatic rings. The summed E-state index contributed by atoms with van der Waals surface area (Å²) in [5.74, 6) is 0.459. The minimum Gasteiger partial charge on any atom is -0.229 e. The Kier molecular flexibility index (Phi) is 5.62. The van der Waals surface area contributed by atoms with Gasteiger partial charge >= 0.3 is 0 Å². The van der Waals surface area contributed by atoms with E-state index in [1.807, 2.05) is 0 Å². The molecule has 0 saturated heterocycles. The van der Waals surface area contributed by atoms with Crippen LogP contribution in [0.4, 0.5) is 0 Å². The zero-order chi connectivity index (χ0) is 15.7. The van der Waals surface area contributed by atoms with Crippen LogP contribution < -0.4 is 0 Å². The van der Waals surface area contributed by atoms with Crippen molar-refractivity contribution in [3.8, 4) is 0 Å². The van der Waals surface area contributed by atoms with Crippen molar-refractivity contribution in [2.45, 2.75) is 44.9 Å². The molecule has 20 heavy (non-hydrogen) atoms. The van der Waals surface area contributed by atoms with E-state index in [0.29, 0.717) is 19.0 Å². The summed E-state index contributed by atoms with van der Waals surface area (Å²) in [6.45, 7) is 5.92. The fraction of sp³-hybridized carbons (Fsp3) is 1.00. The van der Waals surface area contributed by atoms with E-state index in [-0.39, 0.29) is 0 Å². The molecule has 1 aliphatic carbocycles. The monoisotopic (exact) mass is 326 g/mol. The molecule has 0 N–H and O–H groups in total. The molecule has 2 atom stereocenters. The highest BCUT2D eigenvalue weighted by Gasteiger charge is 2.37. The molecule has 0 spiro atoms. The molecule has 0 aliphatic heterocycles. The first-order chi connectivity index (χ1) is 9.01. The summed E-state index contributed by atoms with van der Waals surface area (Å²) >= 11 is 0. The van der Waals surface area contributed by atoms with E-state index in [1.54, 1.807) is 20.8 Å². The lowest BCUT2D eigenvalue weighted by atomic mass is 10.3. The third kappa shape index (κ3) is 4.16. The van der Waals surface area contributed by atoms with E-state index in [9.17, 15) is 16.8 Å². The first-order valence-electron chi connectivity index (χ1n) is 6.93. The second kappa shape index (κ2) is 6.29. The van der Waals surface area contributed by atoms with Gasteiger partial charge in [0.15, 0.2) is 9.84 Å². The molecule has 0 aromatic carbocycles. The summed E-state index contributed by atoms with van der Waals surface area (Å²) in [7, 11) is -5.43. The van der Waals surface area contributed by atoms with Gasteiger partial charge in [-0.1, -0.05) is 6.92 Å². The summed E-state index contributed by atoms with van der Waals surface area (Å²) in [6, 6.07) is -0.594. The standard InChI is InChI=1S/C12H26N2O4S2/c1-6-14(9-12-7-8-12)20(17,18)13(4)10(2)11(3)19(5,15)16/h10-12H,6-9H2,1-5H3. The van der Waals surface area contributed by atoms with E-state index in [1.165, 1.54) is 15.7 Å². The maximum Gasteiger partial charge on any atom is 0.282 e. The van der Waals surface area contributed by atoms with Crippen LogP contribution in [0.25, 0.3) is 0 Å². The van der Waals surface area contributed by atoms with Gasteiger partial charge < -0.3 is 0 Å². The highest BCUT2D eigenvalue weighted by molar-refractivity contribution is 7.91. The molecule has 1 fully saturated rings. The number of sulfone groups is 1. The molecule has 120 valence electrons. The van der Waals surface area contributed by atoms with Gasteiger partial charge in [-0.05, 0) is 32.6 Å². The normalized spacial score (nSPS) is 20.4. The lowest BCUT2D eigenvalue weighted by Gasteiger charge is -2.32. The van der Waals surface area contributed by atoms with Crippen molar-refractivity contribution < 1.29 is 16.8 Å². The molecule has 0 aromatic heterocycles. The van der Waals surface area contributed by atoms with E-state index < -0.39 is 31.3 Å². The number of nitrogens with zero attached hydrogens (tertiary/aromatic N) is 2. The maximum atomic E-state index is 12.6. The van der Waals surface area contributed by atoms with Crippen molar-refractivity contribution in [3.63, 3.8) is 0 Å². The Morgan fingerprint density at radius 2 is 1.65 bits per heavy atom. The number of hydrogen-bond acceptors (Lipinski definition) is 4. The summed E-state index contributed by atoms with van der Waals surface area (Å²) < 4.78 is 50.9. The third-order valence-electron chi connectivity index (χ3n) is 4.13. The number of rotatable bonds is 8.